The molecule has 44 heavy (non-hydrogen) atoms. The lowest BCUT2D eigenvalue weighted by atomic mass is 10.1. The van der Waals surface area contributed by atoms with Crippen LogP contribution in [0.4, 0.5) is 0 Å². The number of carbonyl (C=O) groups excluding carboxylic acids is 3. The maximum Gasteiger partial charge on any atom is 0.324 e. The number of hydrogen-bond acceptors (Lipinski definition) is 13. The fourth-order valence-corrected chi connectivity index (χ4v) is 3.22. The summed E-state index contributed by atoms with van der Waals surface area (Å²) in [5.41, 5.74) is -1.80. The van der Waals surface area contributed by atoms with E-state index in [0.29, 0.717) is 85.8 Å². The van der Waals surface area contributed by atoms with Gasteiger partial charge in [-0.1, -0.05) is 0 Å². The van der Waals surface area contributed by atoms with Crippen molar-refractivity contribution < 1.29 is 57.0 Å². The van der Waals surface area contributed by atoms with E-state index in [4.69, 9.17) is 42.6 Å². The van der Waals surface area contributed by atoms with Gasteiger partial charge < -0.3 is 47.9 Å². The average molecular weight is 638 g/mol. The number of nitrogens with one attached hydrogen (secondary N) is 1. The standard InChI is InChI=1S/C31H59NO12/c1-29(2,3)42-26(33)10-12-36-14-16-38-18-20-40-22-23-41-21-19-39-17-15-37-13-11-32-25(28(35)44-31(7,8)9)24-27(34)43-30(4,5)6/h25,32H,10-24H2,1-9H3. The average Bonchev–Trinajstić information content (AvgIpc) is 2.85. The summed E-state index contributed by atoms with van der Waals surface area (Å²) in [5.74, 6) is -1.27. The van der Waals surface area contributed by atoms with Gasteiger partial charge in [0, 0.05) is 6.54 Å². The van der Waals surface area contributed by atoms with Crippen molar-refractivity contribution in [3.63, 3.8) is 0 Å². The van der Waals surface area contributed by atoms with Crippen LogP contribution in [0, 0.1) is 0 Å². The second-order valence-corrected chi connectivity index (χ2v) is 12.8. The Balaban J connectivity index is 3.67. The van der Waals surface area contributed by atoms with Crippen LogP contribution in [0.1, 0.15) is 75.2 Å². The number of rotatable bonds is 25. The van der Waals surface area contributed by atoms with Crippen molar-refractivity contribution in [3.05, 3.63) is 0 Å². The van der Waals surface area contributed by atoms with Gasteiger partial charge in [0.15, 0.2) is 0 Å². The monoisotopic (exact) mass is 637 g/mol. The Bertz CT molecular complexity index is 771. The van der Waals surface area contributed by atoms with E-state index in [1.54, 1.807) is 41.5 Å². The molecule has 0 bridgehead atoms. The van der Waals surface area contributed by atoms with E-state index in [9.17, 15) is 14.4 Å². The van der Waals surface area contributed by atoms with Gasteiger partial charge in [0.1, 0.15) is 22.8 Å². The third-order valence-electron chi connectivity index (χ3n) is 4.85. The molecule has 0 aromatic rings. The van der Waals surface area contributed by atoms with E-state index in [-0.39, 0.29) is 18.8 Å². The molecule has 0 aromatic heterocycles. The predicted molar refractivity (Wildman–Crippen MR) is 163 cm³/mol. The lowest BCUT2D eigenvalue weighted by Crippen LogP contribution is -2.44. The molecule has 1 N–H and O–H groups in total. The Hall–Kier alpha value is -1.87. The third kappa shape index (κ3) is 30.2. The largest absolute Gasteiger partial charge is 0.460 e. The smallest absolute Gasteiger partial charge is 0.324 e. The first-order valence-electron chi connectivity index (χ1n) is 15.3. The maximum absolute atomic E-state index is 12.5. The summed E-state index contributed by atoms with van der Waals surface area (Å²) < 4.78 is 48.7. The first-order valence-corrected chi connectivity index (χ1v) is 15.3. The molecule has 0 heterocycles. The minimum absolute atomic E-state index is 0.135. The van der Waals surface area contributed by atoms with Gasteiger partial charge in [-0.05, 0) is 62.3 Å². The number of ether oxygens (including phenoxy) is 9. The topological polar surface area (TPSA) is 146 Å². The van der Waals surface area contributed by atoms with Gasteiger partial charge in [0.25, 0.3) is 0 Å². The highest BCUT2D eigenvalue weighted by atomic mass is 16.6. The fraction of sp³-hybridized carbons (Fsp3) is 0.903. The zero-order valence-corrected chi connectivity index (χ0v) is 28.6. The molecule has 0 aliphatic carbocycles. The third-order valence-corrected chi connectivity index (χ3v) is 4.85. The molecule has 13 heteroatoms. The highest BCUT2D eigenvalue weighted by Crippen LogP contribution is 2.13. The van der Waals surface area contributed by atoms with Crippen molar-refractivity contribution in [2.24, 2.45) is 0 Å². The SMILES string of the molecule is CC(C)(C)OC(=O)CCOCCOCCOCCOCCOCCOCCNC(CC(=O)OC(C)(C)C)C(=O)OC(C)(C)C. The van der Waals surface area contributed by atoms with Crippen molar-refractivity contribution in [1.29, 1.82) is 0 Å². The first-order chi connectivity index (χ1) is 20.5. The Morgan fingerprint density at radius 1 is 0.477 bits per heavy atom. The Morgan fingerprint density at radius 2 is 0.818 bits per heavy atom. The van der Waals surface area contributed by atoms with Crippen LogP contribution >= 0.6 is 0 Å². The van der Waals surface area contributed by atoms with E-state index in [1.165, 1.54) is 0 Å². The van der Waals surface area contributed by atoms with Crippen molar-refractivity contribution in [3.8, 4) is 0 Å². The van der Waals surface area contributed by atoms with Gasteiger partial charge in [-0.15, -0.1) is 0 Å². The summed E-state index contributed by atoms with van der Waals surface area (Å²) in [4.78, 5) is 36.3. The molecule has 0 rings (SSSR count). The maximum atomic E-state index is 12.5. The second kappa shape index (κ2) is 23.5. The van der Waals surface area contributed by atoms with Gasteiger partial charge in [-0.3, -0.25) is 14.4 Å². The Kier molecular flexibility index (Phi) is 22.5. The zero-order valence-electron chi connectivity index (χ0n) is 28.6. The summed E-state index contributed by atoms with van der Waals surface area (Å²) in [5, 5.41) is 3.02. The van der Waals surface area contributed by atoms with Crippen molar-refractivity contribution in [2.45, 2.75) is 98.0 Å². The van der Waals surface area contributed by atoms with Crippen molar-refractivity contribution >= 4 is 17.9 Å². The summed E-state index contributed by atoms with van der Waals surface area (Å²) in [6.45, 7) is 21.4. The highest BCUT2D eigenvalue weighted by molar-refractivity contribution is 5.83. The van der Waals surface area contributed by atoms with Gasteiger partial charge >= 0.3 is 17.9 Å². The first kappa shape index (κ1) is 42.1. The van der Waals surface area contributed by atoms with Crippen LogP contribution < -0.4 is 5.32 Å². The van der Waals surface area contributed by atoms with Crippen LogP contribution in [0.5, 0.6) is 0 Å². The zero-order chi connectivity index (χ0) is 33.5. The fourth-order valence-electron chi connectivity index (χ4n) is 3.22. The van der Waals surface area contributed by atoms with Crippen molar-refractivity contribution in [2.75, 3.05) is 85.8 Å². The van der Waals surface area contributed by atoms with E-state index in [1.807, 2.05) is 20.8 Å². The summed E-state index contributed by atoms with van der Waals surface area (Å²) >= 11 is 0. The molecule has 260 valence electrons. The normalized spacial score (nSPS) is 13.0. The van der Waals surface area contributed by atoms with Crippen molar-refractivity contribution in [1.82, 2.24) is 5.32 Å². The number of esters is 3. The van der Waals surface area contributed by atoms with Gasteiger partial charge in [-0.2, -0.15) is 0 Å². The molecular weight excluding hydrogens is 578 g/mol. The molecule has 0 amide bonds. The number of hydrogen-bond donors (Lipinski definition) is 1. The van der Waals surface area contributed by atoms with E-state index >= 15 is 0 Å². The van der Waals surface area contributed by atoms with Crippen LogP contribution in [-0.4, -0.2) is 127 Å². The lowest BCUT2D eigenvalue weighted by molar-refractivity contribution is -0.164. The second-order valence-electron chi connectivity index (χ2n) is 12.8. The minimum Gasteiger partial charge on any atom is -0.460 e. The molecule has 0 aromatic carbocycles. The molecule has 0 aliphatic rings. The quantitative estimate of drug-likeness (QED) is 0.0890. The van der Waals surface area contributed by atoms with Crippen LogP contribution in [0.2, 0.25) is 0 Å². The number of carbonyl (C=O) groups is 3. The molecule has 0 saturated carbocycles. The molecule has 0 spiro atoms. The molecule has 0 radical (unpaired) electrons. The van der Waals surface area contributed by atoms with Gasteiger partial charge in [0.2, 0.25) is 0 Å². The molecule has 1 atom stereocenters. The van der Waals surface area contributed by atoms with E-state index in [0.717, 1.165) is 0 Å². The Labute approximate surface area is 264 Å². The van der Waals surface area contributed by atoms with Gasteiger partial charge in [0.05, 0.1) is 92.1 Å². The van der Waals surface area contributed by atoms with Crippen LogP contribution in [0.3, 0.4) is 0 Å². The molecule has 0 saturated heterocycles. The van der Waals surface area contributed by atoms with Gasteiger partial charge in [-0.25, -0.2) is 0 Å². The van der Waals surface area contributed by atoms with Crippen LogP contribution in [-0.2, 0) is 57.0 Å². The molecule has 0 aliphatic heterocycles. The summed E-state index contributed by atoms with van der Waals surface area (Å²) in [6, 6.07) is -0.833. The van der Waals surface area contributed by atoms with E-state index < -0.39 is 34.8 Å². The highest BCUT2D eigenvalue weighted by Gasteiger charge is 2.29. The van der Waals surface area contributed by atoms with Crippen LogP contribution in [0.15, 0.2) is 0 Å². The van der Waals surface area contributed by atoms with E-state index in [2.05, 4.69) is 5.32 Å². The summed E-state index contributed by atoms with van der Waals surface area (Å²) in [6.07, 6.45) is 0.0827. The van der Waals surface area contributed by atoms with Crippen LogP contribution in [0.25, 0.3) is 0 Å². The molecule has 1 unspecified atom stereocenters. The molecular formula is C31H59NO12. The summed E-state index contributed by atoms with van der Waals surface area (Å²) in [7, 11) is 0. The lowest BCUT2D eigenvalue weighted by Gasteiger charge is -2.25. The molecule has 0 fully saturated rings. The Morgan fingerprint density at radius 3 is 1.20 bits per heavy atom. The molecule has 13 nitrogen and oxygen atoms in total. The predicted octanol–water partition coefficient (Wildman–Crippen LogP) is 2.85. The minimum atomic E-state index is -0.833.